The molecule has 262 valence electrons. The van der Waals surface area contributed by atoms with Gasteiger partial charge in [0.1, 0.15) is 24.4 Å². The highest BCUT2D eigenvalue weighted by Gasteiger charge is 2.71. The Morgan fingerprint density at radius 1 is 0.826 bits per heavy atom. The van der Waals surface area contributed by atoms with E-state index in [1.807, 2.05) is 0 Å². The van der Waals surface area contributed by atoms with Crippen molar-refractivity contribution in [2.24, 2.45) is 56.7 Å². The van der Waals surface area contributed by atoms with Crippen molar-refractivity contribution < 1.29 is 39.4 Å². The van der Waals surface area contributed by atoms with Gasteiger partial charge in [-0.15, -0.1) is 0 Å². The van der Waals surface area contributed by atoms with Crippen LogP contribution >= 0.6 is 0 Å². The van der Waals surface area contributed by atoms with Crippen LogP contribution in [0.3, 0.4) is 0 Å². The van der Waals surface area contributed by atoms with Crippen molar-refractivity contribution in [1.29, 1.82) is 0 Å². The first kappa shape index (κ1) is 34.8. The Hall–Kier alpha value is -1.03. The molecule has 0 unspecified atom stereocenters. The number of hydrogen-bond acceptors (Lipinski definition) is 8. The third-order valence-electron chi connectivity index (χ3n) is 15.9. The number of ether oxygens (including phenoxy) is 3. The van der Waals surface area contributed by atoms with Crippen molar-refractivity contribution >= 4 is 5.97 Å². The Bertz CT molecular complexity index is 1190. The third-order valence-corrected chi connectivity index (χ3v) is 15.9. The van der Waals surface area contributed by atoms with Crippen LogP contribution in [0, 0.1) is 56.7 Å². The Balaban J connectivity index is 1.26. The fourth-order valence-corrected chi connectivity index (χ4v) is 13.3. The number of fused-ring (bicyclic) bond motifs is 7. The molecule has 0 spiro atoms. The molecule has 6 aliphatic rings. The molecule has 8 nitrogen and oxygen atoms in total. The van der Waals surface area contributed by atoms with Crippen molar-refractivity contribution in [2.75, 3.05) is 13.2 Å². The molecule has 0 aromatic carbocycles. The van der Waals surface area contributed by atoms with Crippen molar-refractivity contribution in [2.45, 2.75) is 149 Å². The van der Waals surface area contributed by atoms with Gasteiger partial charge in [0.25, 0.3) is 0 Å². The van der Waals surface area contributed by atoms with Crippen molar-refractivity contribution in [1.82, 2.24) is 0 Å². The summed E-state index contributed by atoms with van der Waals surface area (Å²) in [5.74, 6) is 2.41. The van der Waals surface area contributed by atoms with E-state index in [9.17, 15) is 25.2 Å². The van der Waals surface area contributed by atoms with E-state index in [2.05, 4.69) is 48.1 Å². The Kier molecular flexibility index (Phi) is 8.93. The normalized spacial score (nSPS) is 52.9. The van der Waals surface area contributed by atoms with Crippen LogP contribution in [-0.4, -0.2) is 76.4 Å². The van der Waals surface area contributed by atoms with Crippen LogP contribution in [0.1, 0.15) is 113 Å². The molecule has 5 aliphatic carbocycles. The topological polar surface area (TPSA) is 126 Å². The highest BCUT2D eigenvalue weighted by molar-refractivity contribution is 5.65. The Morgan fingerprint density at radius 3 is 2.20 bits per heavy atom. The molecule has 0 bridgehead atoms. The van der Waals surface area contributed by atoms with Crippen LogP contribution in [-0.2, 0) is 19.0 Å². The predicted molar refractivity (Wildman–Crippen MR) is 174 cm³/mol. The Morgan fingerprint density at radius 2 is 1.54 bits per heavy atom. The molecule has 4 N–H and O–H groups in total. The quantitative estimate of drug-likeness (QED) is 0.172. The largest absolute Gasteiger partial charge is 0.465 e. The number of carbonyl (C=O) groups is 1. The van der Waals surface area contributed by atoms with Crippen LogP contribution in [0.4, 0.5) is 0 Å². The molecule has 46 heavy (non-hydrogen) atoms. The lowest BCUT2D eigenvalue weighted by Gasteiger charge is -2.73. The second-order valence-electron chi connectivity index (χ2n) is 18.0. The number of aliphatic hydroxyl groups excluding tert-OH is 4. The Labute approximate surface area is 276 Å². The van der Waals surface area contributed by atoms with Gasteiger partial charge in [-0.05, 0) is 122 Å². The maximum Gasteiger partial charge on any atom is 0.302 e. The van der Waals surface area contributed by atoms with Crippen LogP contribution in [0.5, 0.6) is 0 Å². The van der Waals surface area contributed by atoms with Gasteiger partial charge < -0.3 is 34.6 Å². The molecule has 15 atom stereocenters. The molecule has 6 rings (SSSR count). The van der Waals surface area contributed by atoms with Crippen LogP contribution in [0.25, 0.3) is 0 Å². The van der Waals surface area contributed by atoms with E-state index >= 15 is 0 Å². The van der Waals surface area contributed by atoms with Gasteiger partial charge in [0, 0.05) is 12.3 Å². The number of rotatable bonds is 6. The first-order valence-electron chi connectivity index (χ1n) is 18.2. The van der Waals surface area contributed by atoms with Gasteiger partial charge in [0.05, 0.1) is 19.3 Å². The fraction of sp³-hybridized carbons (Fsp3) is 0.921. The summed E-state index contributed by atoms with van der Waals surface area (Å²) in [5, 5.41) is 41.2. The van der Waals surface area contributed by atoms with Gasteiger partial charge in [-0.25, -0.2) is 0 Å². The summed E-state index contributed by atoms with van der Waals surface area (Å²) in [4.78, 5) is 12.0. The highest BCUT2D eigenvalue weighted by Crippen LogP contribution is 2.77. The highest BCUT2D eigenvalue weighted by atomic mass is 16.7. The number of hydrogen-bond donors (Lipinski definition) is 4. The summed E-state index contributed by atoms with van der Waals surface area (Å²) in [7, 11) is 0. The second-order valence-corrected chi connectivity index (χ2v) is 18.0. The molecule has 1 heterocycles. The standard InChI is InChI=1S/C38H62O8/c1-21(2)23-11-16-38(20-44-22(3)40)18-17-36(7)24(29(23)38)9-10-27-35(6)14-13-28(34(4,5)26(35)12-15-37(27,36)8)46-33-32(43)31(42)30(41)25(19-39)45-33/h23-33,39,41-43H,1,9-20H2,2-8H3/t23-,24+,25+,26-,27+,28-,29+,30+,31-,32+,33+,35-,36+,37+,38+/m0/s1. The molecule has 0 aromatic rings. The zero-order valence-electron chi connectivity index (χ0n) is 29.5. The summed E-state index contributed by atoms with van der Waals surface area (Å²) in [6.45, 7) is 20.7. The maximum atomic E-state index is 12.0. The lowest BCUT2D eigenvalue weighted by molar-refractivity contribution is -0.332. The van der Waals surface area contributed by atoms with Crippen molar-refractivity contribution in [3.8, 4) is 0 Å². The maximum absolute atomic E-state index is 12.0. The van der Waals surface area contributed by atoms with Crippen molar-refractivity contribution in [3.05, 3.63) is 12.2 Å². The van der Waals surface area contributed by atoms with E-state index in [0.29, 0.717) is 36.2 Å². The van der Waals surface area contributed by atoms with E-state index in [4.69, 9.17) is 14.2 Å². The summed E-state index contributed by atoms with van der Waals surface area (Å²) in [6, 6.07) is 0. The minimum Gasteiger partial charge on any atom is -0.465 e. The molecule has 1 aliphatic heterocycles. The van der Waals surface area contributed by atoms with E-state index in [0.717, 1.165) is 38.5 Å². The SMILES string of the molecule is C=C(C)[C@@H]1CC[C@]2(COC(C)=O)CC[C@]3(C)[C@H](CC[C@@H]4[C@@]5(C)CC[C@H](O[C@H]6O[C@H](CO)[C@@H](O)[C@H](O)[C@H]6O)C(C)(C)[C@@H]5CC[C@]43C)[C@@H]12. The fourth-order valence-electron chi connectivity index (χ4n) is 13.3. The molecular formula is C38H62O8. The first-order valence-corrected chi connectivity index (χ1v) is 18.2. The first-order chi connectivity index (χ1) is 21.5. The summed E-state index contributed by atoms with van der Waals surface area (Å²) in [5.41, 5.74) is 1.67. The van der Waals surface area contributed by atoms with Crippen molar-refractivity contribution in [3.63, 3.8) is 0 Å². The van der Waals surface area contributed by atoms with Crippen LogP contribution < -0.4 is 0 Å². The number of aliphatic hydroxyl groups is 4. The van der Waals surface area contributed by atoms with Gasteiger partial charge >= 0.3 is 5.97 Å². The number of allylic oxidation sites excluding steroid dienone is 1. The summed E-state index contributed by atoms with van der Waals surface area (Å²) in [6.07, 6.45) is 4.65. The van der Waals surface area contributed by atoms with Gasteiger partial charge in [-0.2, -0.15) is 0 Å². The van der Waals surface area contributed by atoms with E-state index in [1.165, 1.54) is 31.3 Å². The van der Waals surface area contributed by atoms with Gasteiger partial charge in [-0.3, -0.25) is 4.79 Å². The van der Waals surface area contributed by atoms with Gasteiger partial charge in [0.2, 0.25) is 0 Å². The van der Waals surface area contributed by atoms with E-state index in [-0.39, 0.29) is 39.1 Å². The number of carbonyl (C=O) groups excluding carboxylic acids is 1. The van der Waals surface area contributed by atoms with Crippen LogP contribution in [0.2, 0.25) is 0 Å². The minimum atomic E-state index is -1.44. The molecule has 0 amide bonds. The van der Waals surface area contributed by atoms with E-state index < -0.39 is 37.3 Å². The van der Waals surface area contributed by atoms with Gasteiger partial charge in [-0.1, -0.05) is 46.8 Å². The lowest BCUT2D eigenvalue weighted by Crippen LogP contribution is -2.67. The molecule has 0 aromatic heterocycles. The predicted octanol–water partition coefficient (Wildman–Crippen LogP) is 5.39. The third kappa shape index (κ3) is 4.93. The van der Waals surface area contributed by atoms with Gasteiger partial charge in [0.15, 0.2) is 6.29 Å². The second kappa shape index (κ2) is 11.8. The average Bonchev–Trinajstić information content (AvgIpc) is 3.38. The average molecular weight is 647 g/mol. The smallest absolute Gasteiger partial charge is 0.302 e. The monoisotopic (exact) mass is 646 g/mol. The molecular weight excluding hydrogens is 584 g/mol. The number of esters is 1. The molecule has 0 radical (unpaired) electrons. The summed E-state index contributed by atoms with van der Waals surface area (Å²) >= 11 is 0. The van der Waals surface area contributed by atoms with Crippen LogP contribution in [0.15, 0.2) is 12.2 Å². The summed E-state index contributed by atoms with van der Waals surface area (Å²) < 4.78 is 18.1. The molecule has 6 fully saturated rings. The minimum absolute atomic E-state index is 0.0611. The molecule has 8 heteroatoms. The zero-order chi connectivity index (χ0) is 33.6. The molecule has 5 saturated carbocycles. The lowest BCUT2D eigenvalue weighted by atomic mass is 9.32. The molecule has 1 saturated heterocycles. The zero-order valence-corrected chi connectivity index (χ0v) is 29.5. The van der Waals surface area contributed by atoms with E-state index in [1.54, 1.807) is 6.92 Å².